The first-order valence-corrected chi connectivity index (χ1v) is 12.8. The first-order valence-electron chi connectivity index (χ1n) is 12.8. The lowest BCUT2D eigenvalue weighted by atomic mass is 9.79. The van der Waals surface area contributed by atoms with Gasteiger partial charge in [-0.3, -0.25) is 4.57 Å². The third kappa shape index (κ3) is 3.78. The topological polar surface area (TPSA) is 166 Å². The third-order valence-electron chi connectivity index (χ3n) is 7.95. The SMILES string of the molecule is OC[C@H]1O[C@@H](n2cnc3c(N[C@H]4c5c(ccc6cc7ccccc7cc56)[C@H](O)[C@@H](O)[C@@H]4O)ncnc32)C[C@@H]1O. The van der Waals surface area contributed by atoms with E-state index in [9.17, 15) is 25.5 Å². The molecule has 1 aliphatic heterocycles. The molecule has 0 unspecified atom stereocenters. The van der Waals surface area contributed by atoms with E-state index in [4.69, 9.17) is 4.74 Å². The molecule has 11 nitrogen and oxygen atoms in total. The highest BCUT2D eigenvalue weighted by Crippen LogP contribution is 2.43. The first kappa shape index (κ1) is 24.3. The zero-order valence-electron chi connectivity index (χ0n) is 20.7. The van der Waals surface area contributed by atoms with Gasteiger partial charge in [0.15, 0.2) is 17.0 Å². The minimum absolute atomic E-state index is 0.266. The smallest absolute Gasteiger partial charge is 0.167 e. The van der Waals surface area contributed by atoms with Crippen molar-refractivity contribution in [2.24, 2.45) is 0 Å². The highest BCUT2D eigenvalue weighted by atomic mass is 16.5. The van der Waals surface area contributed by atoms with E-state index in [2.05, 4.69) is 26.3 Å². The number of fused-ring (bicyclic) bond motifs is 5. The zero-order chi connectivity index (χ0) is 26.8. The molecule has 2 aromatic heterocycles. The molecular formula is C28H27N5O6. The average Bonchev–Trinajstić information content (AvgIpc) is 3.56. The lowest BCUT2D eigenvalue weighted by molar-refractivity contribution is -0.0766. The van der Waals surface area contributed by atoms with Gasteiger partial charge in [0.05, 0.1) is 25.1 Å². The van der Waals surface area contributed by atoms with Crippen LogP contribution >= 0.6 is 0 Å². The van der Waals surface area contributed by atoms with Crippen LogP contribution in [-0.2, 0) is 4.74 Å². The summed E-state index contributed by atoms with van der Waals surface area (Å²) in [6, 6.07) is 14.9. The Balaban J connectivity index is 1.34. The van der Waals surface area contributed by atoms with Crippen molar-refractivity contribution in [3.05, 3.63) is 72.3 Å². The van der Waals surface area contributed by atoms with Gasteiger partial charge in [0.1, 0.15) is 37.0 Å². The van der Waals surface area contributed by atoms with Crippen LogP contribution in [0.25, 0.3) is 32.7 Å². The predicted octanol–water partition coefficient (Wildman–Crippen LogP) is 1.70. The molecule has 0 bridgehead atoms. The fraction of sp³-hybridized carbons (Fsp3) is 0.321. The normalized spacial score (nSPS) is 28.8. The van der Waals surface area contributed by atoms with E-state index < -0.39 is 42.8 Å². The van der Waals surface area contributed by atoms with Crippen LogP contribution in [-0.4, -0.2) is 76.1 Å². The van der Waals surface area contributed by atoms with Crippen molar-refractivity contribution in [2.75, 3.05) is 11.9 Å². The van der Waals surface area contributed by atoms with E-state index in [1.54, 1.807) is 10.6 Å². The van der Waals surface area contributed by atoms with Gasteiger partial charge in [0.25, 0.3) is 0 Å². The summed E-state index contributed by atoms with van der Waals surface area (Å²) in [5.74, 6) is 0.326. The molecule has 0 saturated carbocycles. The number of rotatable bonds is 4. The fourth-order valence-corrected chi connectivity index (χ4v) is 5.92. The third-order valence-corrected chi connectivity index (χ3v) is 7.95. The van der Waals surface area contributed by atoms with Gasteiger partial charge in [0, 0.05) is 6.42 Å². The van der Waals surface area contributed by atoms with Crippen LogP contribution in [0.2, 0.25) is 0 Å². The average molecular weight is 530 g/mol. The van der Waals surface area contributed by atoms with Crippen molar-refractivity contribution in [3.63, 3.8) is 0 Å². The van der Waals surface area contributed by atoms with E-state index in [1.807, 2.05) is 36.4 Å². The maximum atomic E-state index is 11.2. The molecule has 1 saturated heterocycles. The van der Waals surface area contributed by atoms with Crippen LogP contribution in [0, 0.1) is 0 Å². The summed E-state index contributed by atoms with van der Waals surface area (Å²) < 4.78 is 7.45. The molecule has 7 atom stereocenters. The van der Waals surface area contributed by atoms with Crippen molar-refractivity contribution in [3.8, 4) is 0 Å². The molecule has 5 aromatic rings. The number of anilines is 1. The first-order chi connectivity index (χ1) is 18.9. The molecule has 3 aromatic carbocycles. The Labute approximate surface area is 222 Å². The van der Waals surface area contributed by atoms with Gasteiger partial charge in [-0.05, 0) is 44.8 Å². The van der Waals surface area contributed by atoms with E-state index >= 15 is 0 Å². The van der Waals surface area contributed by atoms with Crippen LogP contribution in [0.5, 0.6) is 0 Å². The van der Waals surface area contributed by atoms with Gasteiger partial charge in [-0.2, -0.15) is 0 Å². The number of hydrogen-bond acceptors (Lipinski definition) is 10. The maximum Gasteiger partial charge on any atom is 0.167 e. The number of nitrogens with zero attached hydrogens (tertiary/aromatic N) is 4. The van der Waals surface area contributed by atoms with E-state index in [-0.39, 0.29) is 13.0 Å². The predicted molar refractivity (Wildman–Crippen MR) is 142 cm³/mol. The minimum atomic E-state index is -1.42. The lowest BCUT2D eigenvalue weighted by Crippen LogP contribution is -2.44. The quantitative estimate of drug-likeness (QED) is 0.189. The van der Waals surface area contributed by atoms with Crippen molar-refractivity contribution >= 4 is 38.5 Å². The molecule has 1 aliphatic carbocycles. The van der Waals surface area contributed by atoms with E-state index in [1.165, 1.54) is 12.7 Å². The number of aliphatic hydroxyl groups is 5. The van der Waals surface area contributed by atoms with Crippen molar-refractivity contribution in [2.45, 2.75) is 49.2 Å². The van der Waals surface area contributed by atoms with E-state index in [0.717, 1.165) is 21.5 Å². The Morgan fingerprint density at radius 3 is 2.49 bits per heavy atom. The van der Waals surface area contributed by atoms with Crippen molar-refractivity contribution < 1.29 is 30.3 Å². The summed E-state index contributed by atoms with van der Waals surface area (Å²) in [6.45, 7) is -0.303. The Bertz CT molecular complexity index is 1710. The number of aromatic nitrogens is 4. The van der Waals surface area contributed by atoms with Gasteiger partial charge in [-0.15, -0.1) is 0 Å². The van der Waals surface area contributed by atoms with Crippen molar-refractivity contribution in [1.29, 1.82) is 0 Å². The maximum absolute atomic E-state index is 11.2. The Morgan fingerprint density at radius 2 is 1.72 bits per heavy atom. The second kappa shape index (κ2) is 9.19. The summed E-state index contributed by atoms with van der Waals surface area (Å²) in [4.78, 5) is 13.2. The van der Waals surface area contributed by atoms with E-state index in [0.29, 0.717) is 28.1 Å². The number of ether oxygens (including phenoxy) is 1. The van der Waals surface area contributed by atoms with Gasteiger partial charge >= 0.3 is 0 Å². The molecule has 11 heteroatoms. The molecule has 0 radical (unpaired) electrons. The Kier molecular flexibility index (Phi) is 5.74. The van der Waals surface area contributed by atoms with Crippen molar-refractivity contribution in [1.82, 2.24) is 19.5 Å². The second-order valence-corrected chi connectivity index (χ2v) is 10.2. The number of nitrogens with one attached hydrogen (secondary N) is 1. The number of benzene rings is 3. The molecule has 0 amide bonds. The molecule has 0 spiro atoms. The summed E-state index contributed by atoms with van der Waals surface area (Å²) in [5.41, 5.74) is 2.04. The summed E-state index contributed by atoms with van der Waals surface area (Å²) >= 11 is 0. The number of hydrogen-bond donors (Lipinski definition) is 6. The van der Waals surface area contributed by atoms with Crippen LogP contribution in [0.3, 0.4) is 0 Å². The monoisotopic (exact) mass is 529 g/mol. The fourth-order valence-electron chi connectivity index (χ4n) is 5.92. The zero-order valence-corrected chi connectivity index (χ0v) is 20.7. The Hall–Kier alpha value is -3.71. The number of imidazole rings is 1. The summed E-state index contributed by atoms with van der Waals surface area (Å²) in [6.07, 6.45) is -2.97. The van der Waals surface area contributed by atoms with Gasteiger partial charge in [-0.25, -0.2) is 15.0 Å². The summed E-state index contributed by atoms with van der Waals surface area (Å²) in [7, 11) is 0. The standard InChI is InChI=1S/C28H27N5O6/c34-10-19-18(35)9-20(39-19)33-12-31-23-27(29-11-30-28(23)33)32-22-21-16(24(36)26(38)25(22)37)6-5-15-7-13-3-1-2-4-14(13)8-17(15)21/h1-8,11-12,18-20,22,24-26,34-38H,9-10H2,(H,29,30,32)/t18-,19+,20+,22-,24-,25+,26+/m0/s1. The van der Waals surface area contributed by atoms with Crippen LogP contribution in [0.15, 0.2) is 61.2 Å². The molecule has 1 fully saturated rings. The lowest BCUT2D eigenvalue weighted by Gasteiger charge is -2.38. The Morgan fingerprint density at radius 1 is 0.923 bits per heavy atom. The molecule has 39 heavy (non-hydrogen) atoms. The van der Waals surface area contributed by atoms with Crippen LogP contribution in [0.4, 0.5) is 5.82 Å². The highest BCUT2D eigenvalue weighted by Gasteiger charge is 2.42. The molecular weight excluding hydrogens is 502 g/mol. The van der Waals surface area contributed by atoms with Gasteiger partial charge in [-0.1, -0.05) is 36.4 Å². The molecule has 200 valence electrons. The molecule has 3 heterocycles. The minimum Gasteiger partial charge on any atom is -0.394 e. The molecule has 6 N–H and O–H groups in total. The van der Waals surface area contributed by atoms with Gasteiger partial charge in [0.2, 0.25) is 0 Å². The molecule has 7 rings (SSSR count). The van der Waals surface area contributed by atoms with Gasteiger partial charge < -0.3 is 35.6 Å². The van der Waals surface area contributed by atoms with Crippen LogP contribution in [0.1, 0.15) is 35.9 Å². The second-order valence-electron chi connectivity index (χ2n) is 10.2. The highest BCUT2D eigenvalue weighted by molar-refractivity contribution is 6.00. The van der Waals surface area contributed by atoms with Crippen LogP contribution < -0.4 is 5.32 Å². The largest absolute Gasteiger partial charge is 0.394 e. The molecule has 2 aliphatic rings. The number of aliphatic hydroxyl groups excluding tert-OH is 5. The summed E-state index contributed by atoms with van der Waals surface area (Å²) in [5, 5.41) is 59.6.